The van der Waals surface area contributed by atoms with Gasteiger partial charge in [0.2, 0.25) is 0 Å². The van der Waals surface area contributed by atoms with Crippen LogP contribution in [0.5, 0.6) is 11.5 Å². The number of halogens is 3. The van der Waals surface area contributed by atoms with Gasteiger partial charge in [0.05, 0.1) is 10.6 Å². The van der Waals surface area contributed by atoms with Crippen molar-refractivity contribution >= 4 is 27.3 Å². The topological polar surface area (TPSA) is 93.7 Å². The van der Waals surface area contributed by atoms with Crippen LogP contribution in [0.2, 0.25) is 0 Å². The Balaban J connectivity index is 1.53. The number of rotatable bonds is 5. The molecule has 0 fully saturated rings. The quantitative estimate of drug-likeness (QED) is 0.608. The molecule has 1 aliphatic rings. The fraction of sp³-hybridized carbons (Fsp3) is 0.0500. The number of hydrogen-bond donors (Lipinski definition) is 2. The van der Waals surface area contributed by atoms with Crippen molar-refractivity contribution in [2.75, 3.05) is 10.0 Å². The number of hydrogen-bond acceptors (Lipinski definition) is 5. The molecule has 2 N–H and O–H groups in total. The van der Waals surface area contributed by atoms with Gasteiger partial charge in [-0.05, 0) is 42.5 Å². The van der Waals surface area contributed by atoms with E-state index in [4.69, 9.17) is 0 Å². The van der Waals surface area contributed by atoms with Gasteiger partial charge in [-0.15, -0.1) is 8.78 Å². The first-order chi connectivity index (χ1) is 14.6. The van der Waals surface area contributed by atoms with E-state index in [2.05, 4.69) is 19.5 Å². The molecule has 0 bridgehead atoms. The van der Waals surface area contributed by atoms with Crippen LogP contribution >= 0.6 is 0 Å². The van der Waals surface area contributed by atoms with Gasteiger partial charge in [-0.1, -0.05) is 18.2 Å². The van der Waals surface area contributed by atoms with E-state index in [1.165, 1.54) is 48.5 Å². The Morgan fingerprint density at radius 3 is 2.42 bits per heavy atom. The molecule has 160 valence electrons. The maximum Gasteiger partial charge on any atom is 0.586 e. The van der Waals surface area contributed by atoms with Crippen LogP contribution in [0.25, 0.3) is 0 Å². The van der Waals surface area contributed by atoms with E-state index in [1.807, 2.05) is 0 Å². The van der Waals surface area contributed by atoms with Crippen molar-refractivity contribution in [3.8, 4) is 11.5 Å². The van der Waals surface area contributed by atoms with Gasteiger partial charge in [-0.2, -0.15) is 0 Å². The second-order valence-corrected chi connectivity index (χ2v) is 8.08. The number of benzene rings is 3. The Morgan fingerprint density at radius 1 is 0.903 bits per heavy atom. The second kappa shape index (κ2) is 7.51. The third-order valence-electron chi connectivity index (χ3n) is 4.18. The molecule has 1 aliphatic heterocycles. The summed E-state index contributed by atoms with van der Waals surface area (Å²) >= 11 is 0. The number of nitrogens with one attached hydrogen (secondary N) is 2. The van der Waals surface area contributed by atoms with E-state index in [0.29, 0.717) is 0 Å². The molecule has 0 radical (unpaired) electrons. The van der Waals surface area contributed by atoms with Crippen molar-refractivity contribution in [2.24, 2.45) is 0 Å². The molecule has 0 saturated heterocycles. The lowest BCUT2D eigenvalue weighted by Crippen LogP contribution is -2.25. The Hall–Kier alpha value is -3.73. The van der Waals surface area contributed by atoms with Gasteiger partial charge in [0, 0.05) is 17.3 Å². The van der Waals surface area contributed by atoms with Crippen LogP contribution in [0, 0.1) is 5.82 Å². The number of ether oxygens (including phenoxy) is 2. The zero-order valence-electron chi connectivity index (χ0n) is 15.4. The maximum atomic E-state index is 13.8. The fourth-order valence-corrected chi connectivity index (χ4v) is 3.89. The van der Waals surface area contributed by atoms with Gasteiger partial charge >= 0.3 is 6.29 Å². The molecule has 0 aromatic heterocycles. The number of carbonyl (C=O) groups excluding carboxylic acids is 1. The van der Waals surface area contributed by atoms with Crippen LogP contribution in [0.4, 0.5) is 24.5 Å². The Kier molecular flexibility index (Phi) is 4.97. The number of alkyl halides is 2. The standard InChI is InChI=1S/C20H13F3N2O5S/c21-15-6-1-2-7-16(15)25-31(27,28)14-5-3-4-12(10-14)19(26)24-13-8-9-17-18(11-13)30-20(22,23)29-17/h1-11,25H,(H,24,26). The van der Waals surface area contributed by atoms with Gasteiger partial charge in [0.25, 0.3) is 15.9 Å². The summed E-state index contributed by atoms with van der Waals surface area (Å²) in [5.41, 5.74) is -0.142. The van der Waals surface area contributed by atoms with Crippen LogP contribution in [0.15, 0.2) is 71.6 Å². The highest BCUT2D eigenvalue weighted by Crippen LogP contribution is 2.42. The molecule has 3 aromatic carbocycles. The zero-order valence-corrected chi connectivity index (χ0v) is 16.3. The van der Waals surface area contributed by atoms with Crippen LogP contribution in [-0.2, 0) is 10.0 Å². The normalized spacial score (nSPS) is 14.2. The van der Waals surface area contributed by atoms with Crippen LogP contribution in [-0.4, -0.2) is 20.6 Å². The molecular formula is C20H13F3N2O5S. The lowest BCUT2D eigenvalue weighted by molar-refractivity contribution is -0.286. The van der Waals surface area contributed by atoms with Crippen LogP contribution < -0.4 is 19.5 Å². The first kappa shape index (κ1) is 20.5. The summed E-state index contributed by atoms with van der Waals surface area (Å²) in [6.45, 7) is 0. The maximum absolute atomic E-state index is 13.8. The highest BCUT2D eigenvalue weighted by molar-refractivity contribution is 7.92. The summed E-state index contributed by atoms with van der Waals surface area (Å²) in [6, 6.07) is 13.9. The monoisotopic (exact) mass is 450 g/mol. The summed E-state index contributed by atoms with van der Waals surface area (Å²) in [4.78, 5) is 12.3. The number of amides is 1. The molecule has 1 amide bonds. The van der Waals surface area contributed by atoms with Crippen molar-refractivity contribution < 1.29 is 35.9 Å². The van der Waals surface area contributed by atoms with Gasteiger partial charge in [-0.25, -0.2) is 12.8 Å². The molecule has 1 heterocycles. The van der Waals surface area contributed by atoms with Gasteiger partial charge in [0.1, 0.15) is 5.82 Å². The predicted octanol–water partition coefficient (Wildman–Crippen LogP) is 4.20. The van der Waals surface area contributed by atoms with E-state index < -0.39 is 28.0 Å². The minimum absolute atomic E-state index is 0.0283. The Bertz CT molecular complexity index is 1280. The molecule has 0 aliphatic carbocycles. The number of carbonyl (C=O) groups is 1. The van der Waals surface area contributed by atoms with Crippen LogP contribution in [0.1, 0.15) is 10.4 Å². The third-order valence-corrected chi connectivity index (χ3v) is 5.55. The van der Waals surface area contributed by atoms with E-state index in [9.17, 15) is 26.4 Å². The largest absolute Gasteiger partial charge is 0.586 e. The lowest BCUT2D eigenvalue weighted by atomic mass is 10.2. The molecule has 7 nitrogen and oxygen atoms in total. The molecule has 11 heteroatoms. The second-order valence-electron chi connectivity index (χ2n) is 6.40. The summed E-state index contributed by atoms with van der Waals surface area (Å²) in [6.07, 6.45) is -3.79. The van der Waals surface area contributed by atoms with E-state index in [-0.39, 0.29) is 33.3 Å². The number of para-hydroxylation sites is 1. The lowest BCUT2D eigenvalue weighted by Gasteiger charge is -2.10. The summed E-state index contributed by atoms with van der Waals surface area (Å²) < 4.78 is 75.9. The molecular weight excluding hydrogens is 437 g/mol. The number of sulfonamides is 1. The van der Waals surface area contributed by atoms with Crippen LogP contribution in [0.3, 0.4) is 0 Å². The minimum atomic E-state index is -4.18. The minimum Gasteiger partial charge on any atom is -0.395 e. The smallest absolute Gasteiger partial charge is 0.395 e. The Morgan fingerprint density at radius 2 is 1.65 bits per heavy atom. The van der Waals surface area contributed by atoms with Crippen molar-refractivity contribution in [3.63, 3.8) is 0 Å². The molecule has 0 spiro atoms. The van der Waals surface area contributed by atoms with Crippen molar-refractivity contribution in [1.29, 1.82) is 0 Å². The average molecular weight is 450 g/mol. The van der Waals surface area contributed by atoms with Gasteiger partial charge < -0.3 is 14.8 Å². The van der Waals surface area contributed by atoms with Gasteiger partial charge in [0.15, 0.2) is 11.5 Å². The molecule has 4 rings (SSSR count). The van der Waals surface area contributed by atoms with Crippen molar-refractivity contribution in [2.45, 2.75) is 11.2 Å². The summed E-state index contributed by atoms with van der Waals surface area (Å²) in [5, 5.41) is 2.46. The fourth-order valence-electron chi connectivity index (χ4n) is 2.78. The SMILES string of the molecule is O=C(Nc1ccc2c(c1)OC(F)(F)O2)c1cccc(S(=O)(=O)Nc2ccccc2F)c1. The highest BCUT2D eigenvalue weighted by atomic mass is 32.2. The highest BCUT2D eigenvalue weighted by Gasteiger charge is 2.43. The Labute approximate surface area is 174 Å². The van der Waals surface area contributed by atoms with Crippen molar-refractivity contribution in [3.05, 3.63) is 78.1 Å². The van der Waals surface area contributed by atoms with E-state index >= 15 is 0 Å². The molecule has 0 saturated carbocycles. The molecule has 31 heavy (non-hydrogen) atoms. The number of fused-ring (bicyclic) bond motifs is 1. The van der Waals surface area contributed by atoms with Gasteiger partial charge in [-0.3, -0.25) is 9.52 Å². The summed E-state index contributed by atoms with van der Waals surface area (Å²) in [5.74, 6) is -1.90. The zero-order chi connectivity index (χ0) is 22.2. The average Bonchev–Trinajstić information content (AvgIpc) is 3.03. The molecule has 0 unspecified atom stereocenters. The molecule has 3 aromatic rings. The predicted molar refractivity (Wildman–Crippen MR) is 104 cm³/mol. The molecule has 0 atom stereocenters. The first-order valence-corrected chi connectivity index (χ1v) is 10.2. The number of anilines is 2. The van der Waals surface area contributed by atoms with Crippen molar-refractivity contribution in [1.82, 2.24) is 0 Å². The third kappa shape index (κ3) is 4.40. The van der Waals surface area contributed by atoms with E-state index in [1.54, 1.807) is 0 Å². The van der Waals surface area contributed by atoms with E-state index in [0.717, 1.165) is 18.2 Å². The first-order valence-electron chi connectivity index (χ1n) is 8.72. The summed E-state index contributed by atoms with van der Waals surface area (Å²) in [7, 11) is -4.18.